The third-order valence-corrected chi connectivity index (χ3v) is 4.24. The van der Waals surface area contributed by atoms with E-state index in [1.807, 2.05) is 43.1 Å². The highest BCUT2D eigenvalue weighted by Crippen LogP contribution is 2.20. The molecule has 26 heavy (non-hydrogen) atoms. The Labute approximate surface area is 151 Å². The Kier molecular flexibility index (Phi) is 5.38. The molecule has 1 atom stereocenters. The molecule has 0 bridgehead atoms. The highest BCUT2D eigenvalue weighted by atomic mass is 19.1. The highest BCUT2D eigenvalue weighted by Gasteiger charge is 2.15. The molecule has 0 fully saturated rings. The van der Waals surface area contributed by atoms with Gasteiger partial charge in [0.2, 0.25) is 5.91 Å². The number of anilines is 1. The molecule has 0 aliphatic rings. The zero-order valence-corrected chi connectivity index (χ0v) is 14.6. The second kappa shape index (κ2) is 7.88. The smallest absolute Gasteiger partial charge is 0.238 e. The molecule has 2 aromatic carbocycles. The summed E-state index contributed by atoms with van der Waals surface area (Å²) in [5.74, 6) is -0.478. The first-order valence-corrected chi connectivity index (χ1v) is 8.23. The minimum Gasteiger partial charge on any atom is -0.325 e. The van der Waals surface area contributed by atoms with Crippen molar-refractivity contribution >= 4 is 11.6 Å². The molecule has 134 valence electrons. The molecule has 3 rings (SSSR count). The molecule has 1 aromatic heterocycles. The molecule has 1 N–H and O–H groups in total. The van der Waals surface area contributed by atoms with Crippen molar-refractivity contribution in [2.24, 2.45) is 0 Å². The van der Waals surface area contributed by atoms with Crippen LogP contribution in [0.2, 0.25) is 0 Å². The lowest BCUT2D eigenvalue weighted by atomic mass is 10.1. The molecule has 0 aliphatic heterocycles. The maximum Gasteiger partial charge on any atom is 0.238 e. The molecular weight excluding hydrogens is 333 g/mol. The van der Waals surface area contributed by atoms with Crippen molar-refractivity contribution in [3.8, 4) is 5.69 Å². The highest BCUT2D eigenvalue weighted by molar-refractivity contribution is 5.92. The Bertz CT molecular complexity index is 847. The summed E-state index contributed by atoms with van der Waals surface area (Å²) in [6.45, 7) is 2.26. The van der Waals surface area contributed by atoms with E-state index in [0.29, 0.717) is 5.69 Å². The lowest BCUT2D eigenvalue weighted by molar-refractivity contribution is -0.117. The van der Waals surface area contributed by atoms with Gasteiger partial charge in [-0.2, -0.15) is 5.10 Å². The van der Waals surface area contributed by atoms with Gasteiger partial charge in [-0.3, -0.25) is 9.69 Å². The van der Waals surface area contributed by atoms with Crippen LogP contribution in [-0.2, 0) is 4.79 Å². The Balaban J connectivity index is 1.59. The summed E-state index contributed by atoms with van der Waals surface area (Å²) in [6.07, 6.45) is 3.13. The Morgan fingerprint density at radius 2 is 1.88 bits per heavy atom. The van der Waals surface area contributed by atoms with E-state index >= 15 is 0 Å². The quantitative estimate of drug-likeness (QED) is 0.740. The van der Waals surface area contributed by atoms with Gasteiger partial charge in [-0.25, -0.2) is 14.1 Å². The number of amides is 1. The van der Waals surface area contributed by atoms with Crippen LogP contribution in [-0.4, -0.2) is 39.2 Å². The molecule has 0 radical (unpaired) electrons. The maximum atomic E-state index is 12.9. The number of aromatic nitrogens is 3. The normalized spacial score (nSPS) is 12.2. The predicted molar refractivity (Wildman–Crippen MR) is 97.4 cm³/mol. The van der Waals surface area contributed by atoms with Gasteiger partial charge in [-0.05, 0) is 55.9 Å². The van der Waals surface area contributed by atoms with E-state index < -0.39 is 0 Å². The Hall–Kier alpha value is -3.06. The summed E-state index contributed by atoms with van der Waals surface area (Å²) < 4.78 is 14.6. The van der Waals surface area contributed by atoms with Crippen molar-refractivity contribution in [2.75, 3.05) is 18.9 Å². The average molecular weight is 353 g/mol. The van der Waals surface area contributed by atoms with Gasteiger partial charge in [0.15, 0.2) is 0 Å². The van der Waals surface area contributed by atoms with Gasteiger partial charge in [0.1, 0.15) is 18.5 Å². The molecule has 0 unspecified atom stereocenters. The lowest BCUT2D eigenvalue weighted by Crippen LogP contribution is -2.32. The monoisotopic (exact) mass is 353 g/mol. The minimum atomic E-state index is -0.330. The number of hydrogen-bond acceptors (Lipinski definition) is 4. The fraction of sp³-hybridized carbons (Fsp3) is 0.211. The first kappa shape index (κ1) is 17.8. The van der Waals surface area contributed by atoms with Crippen LogP contribution >= 0.6 is 0 Å². The number of hydrogen-bond donors (Lipinski definition) is 1. The molecule has 6 nitrogen and oxygen atoms in total. The molecule has 1 heterocycles. The largest absolute Gasteiger partial charge is 0.325 e. The molecule has 7 heteroatoms. The number of benzene rings is 2. The number of nitrogens with zero attached hydrogens (tertiary/aromatic N) is 4. The van der Waals surface area contributed by atoms with Crippen LogP contribution in [0.25, 0.3) is 5.69 Å². The van der Waals surface area contributed by atoms with Gasteiger partial charge < -0.3 is 5.32 Å². The third-order valence-electron chi connectivity index (χ3n) is 4.24. The fourth-order valence-corrected chi connectivity index (χ4v) is 2.60. The number of rotatable bonds is 6. The van der Waals surface area contributed by atoms with Crippen molar-refractivity contribution in [3.05, 3.63) is 72.6 Å². The maximum absolute atomic E-state index is 12.9. The summed E-state index contributed by atoms with van der Waals surface area (Å²) in [5, 5.41) is 6.87. The zero-order chi connectivity index (χ0) is 18.5. The predicted octanol–water partition coefficient (Wildman–Crippen LogP) is 3.04. The van der Waals surface area contributed by atoms with Gasteiger partial charge in [0, 0.05) is 11.7 Å². The van der Waals surface area contributed by atoms with Crippen molar-refractivity contribution < 1.29 is 9.18 Å². The molecule has 3 aromatic rings. The van der Waals surface area contributed by atoms with Crippen molar-refractivity contribution in [1.82, 2.24) is 19.7 Å². The zero-order valence-electron chi connectivity index (χ0n) is 14.6. The lowest BCUT2D eigenvalue weighted by Gasteiger charge is -2.24. The van der Waals surface area contributed by atoms with Crippen molar-refractivity contribution in [3.63, 3.8) is 0 Å². The topological polar surface area (TPSA) is 63.1 Å². The van der Waals surface area contributed by atoms with Crippen molar-refractivity contribution in [1.29, 1.82) is 0 Å². The minimum absolute atomic E-state index is 0.0544. The summed E-state index contributed by atoms with van der Waals surface area (Å²) in [7, 11) is 1.89. The van der Waals surface area contributed by atoms with Crippen LogP contribution in [0.1, 0.15) is 18.5 Å². The Morgan fingerprint density at radius 1 is 1.19 bits per heavy atom. The van der Waals surface area contributed by atoms with Crippen molar-refractivity contribution in [2.45, 2.75) is 13.0 Å². The standard InChI is InChI=1S/C19H20FN5O/c1-14(15-3-9-18(10-4-15)25-13-21-12-22-25)24(2)11-19(26)23-17-7-5-16(20)6-8-17/h3-10,12-14H,11H2,1-2H3,(H,23,26)/t14-/m0/s1. The fourth-order valence-electron chi connectivity index (χ4n) is 2.60. The van der Waals surface area contributed by atoms with E-state index in [0.717, 1.165) is 11.3 Å². The summed E-state index contributed by atoms with van der Waals surface area (Å²) in [6, 6.07) is 13.7. The van der Waals surface area contributed by atoms with Crippen LogP contribution in [0.4, 0.5) is 10.1 Å². The second-order valence-corrected chi connectivity index (χ2v) is 6.08. The van der Waals surface area contributed by atoms with E-state index in [-0.39, 0.29) is 24.3 Å². The molecule has 0 saturated heterocycles. The SMILES string of the molecule is C[C@@H](c1ccc(-n2cncn2)cc1)N(C)CC(=O)Nc1ccc(F)cc1. The van der Waals surface area contributed by atoms with E-state index in [2.05, 4.69) is 15.4 Å². The van der Waals surface area contributed by atoms with Crippen LogP contribution in [0.3, 0.4) is 0 Å². The summed E-state index contributed by atoms with van der Waals surface area (Å²) in [5.41, 5.74) is 2.59. The van der Waals surface area contributed by atoms with E-state index in [1.54, 1.807) is 23.1 Å². The number of carbonyl (C=O) groups is 1. The Morgan fingerprint density at radius 3 is 2.50 bits per heavy atom. The number of halogens is 1. The van der Waals surface area contributed by atoms with E-state index in [4.69, 9.17) is 0 Å². The number of nitrogens with one attached hydrogen (secondary N) is 1. The molecular formula is C19H20FN5O. The van der Waals surface area contributed by atoms with Crippen LogP contribution in [0, 0.1) is 5.82 Å². The van der Waals surface area contributed by atoms with E-state index in [1.165, 1.54) is 18.5 Å². The van der Waals surface area contributed by atoms with E-state index in [9.17, 15) is 9.18 Å². The molecule has 1 amide bonds. The van der Waals surface area contributed by atoms with Gasteiger partial charge in [0.25, 0.3) is 0 Å². The first-order valence-electron chi connectivity index (χ1n) is 8.23. The number of carbonyl (C=O) groups excluding carboxylic acids is 1. The van der Waals surface area contributed by atoms with Crippen LogP contribution in [0.15, 0.2) is 61.2 Å². The van der Waals surface area contributed by atoms with Gasteiger partial charge in [-0.15, -0.1) is 0 Å². The first-order chi connectivity index (χ1) is 12.5. The summed E-state index contributed by atoms with van der Waals surface area (Å²) >= 11 is 0. The third kappa shape index (κ3) is 4.31. The van der Waals surface area contributed by atoms with Gasteiger partial charge >= 0.3 is 0 Å². The van der Waals surface area contributed by atoms with Gasteiger partial charge in [-0.1, -0.05) is 12.1 Å². The number of likely N-dealkylation sites (N-methyl/N-ethyl adjacent to an activating group) is 1. The second-order valence-electron chi connectivity index (χ2n) is 6.08. The average Bonchev–Trinajstić information content (AvgIpc) is 3.18. The van der Waals surface area contributed by atoms with Crippen LogP contribution < -0.4 is 5.32 Å². The molecule has 0 spiro atoms. The molecule has 0 aliphatic carbocycles. The van der Waals surface area contributed by atoms with Crippen LogP contribution in [0.5, 0.6) is 0 Å². The molecule has 0 saturated carbocycles. The summed E-state index contributed by atoms with van der Waals surface area (Å²) in [4.78, 5) is 18.1. The van der Waals surface area contributed by atoms with Gasteiger partial charge in [0.05, 0.1) is 12.2 Å².